The van der Waals surface area contributed by atoms with E-state index in [9.17, 15) is 19.0 Å². The first-order valence-electron chi connectivity index (χ1n) is 29.7. The molecule has 0 aromatic heterocycles. The quantitative estimate of drug-likeness (QED) is 0.0205. The van der Waals surface area contributed by atoms with Crippen molar-refractivity contribution in [3.8, 4) is 0 Å². The predicted octanol–water partition coefficient (Wildman–Crippen LogP) is 17.8. The molecule has 3 unspecified atom stereocenters. The van der Waals surface area contributed by atoms with Crippen LogP contribution in [0, 0.1) is 0 Å². The number of rotatable bonds is 54. The van der Waals surface area contributed by atoms with Gasteiger partial charge in [-0.15, -0.1) is 0 Å². The first kappa shape index (κ1) is 67.5. The van der Waals surface area contributed by atoms with Crippen LogP contribution >= 0.6 is 7.82 Å². The minimum Gasteiger partial charge on any atom is -0.456 e. The van der Waals surface area contributed by atoms with E-state index in [-0.39, 0.29) is 25.1 Å². The van der Waals surface area contributed by atoms with Crippen LogP contribution < -0.4 is 5.32 Å². The highest BCUT2D eigenvalue weighted by molar-refractivity contribution is 7.47. The van der Waals surface area contributed by atoms with E-state index in [0.29, 0.717) is 23.9 Å². The van der Waals surface area contributed by atoms with E-state index in [0.717, 1.165) is 57.8 Å². The van der Waals surface area contributed by atoms with Gasteiger partial charge < -0.3 is 19.4 Å². The summed E-state index contributed by atoms with van der Waals surface area (Å²) in [5, 5.41) is 3.06. The summed E-state index contributed by atoms with van der Waals surface area (Å²) in [7, 11) is 1.51. The summed E-state index contributed by atoms with van der Waals surface area (Å²) in [6.45, 7) is 7.03. The van der Waals surface area contributed by atoms with E-state index in [1.807, 2.05) is 33.3 Å². The Morgan fingerprint density at radius 1 is 0.493 bits per heavy atom. The highest BCUT2D eigenvalue weighted by atomic mass is 31.2. The molecule has 10 heteroatoms. The van der Waals surface area contributed by atoms with Gasteiger partial charge in [-0.05, 0) is 57.4 Å². The molecular formula is C59H116N2O7P+. The summed E-state index contributed by atoms with van der Waals surface area (Å²) in [4.78, 5) is 37.6. The van der Waals surface area contributed by atoms with E-state index in [2.05, 4.69) is 38.2 Å². The van der Waals surface area contributed by atoms with Gasteiger partial charge in [-0.2, -0.15) is 0 Å². The smallest absolute Gasteiger partial charge is 0.456 e. The van der Waals surface area contributed by atoms with E-state index in [4.69, 9.17) is 13.8 Å². The van der Waals surface area contributed by atoms with Crippen molar-refractivity contribution in [3.63, 3.8) is 0 Å². The summed E-state index contributed by atoms with van der Waals surface area (Å²) in [6.07, 6.45) is 57.3. The zero-order chi connectivity index (χ0) is 50.8. The van der Waals surface area contributed by atoms with E-state index < -0.39 is 20.0 Å². The van der Waals surface area contributed by atoms with Crippen molar-refractivity contribution in [2.75, 3.05) is 40.9 Å². The van der Waals surface area contributed by atoms with Crippen LogP contribution in [0.25, 0.3) is 0 Å². The molecule has 0 aliphatic rings. The summed E-state index contributed by atoms with van der Waals surface area (Å²) >= 11 is 0. The second-order valence-corrected chi connectivity index (χ2v) is 23.0. The Bertz CT molecular complexity index is 1240. The molecule has 2 N–H and O–H groups in total. The Hall–Kier alpha value is -1.51. The number of quaternary nitrogens is 1. The molecule has 0 aliphatic heterocycles. The highest BCUT2D eigenvalue weighted by Crippen LogP contribution is 2.43. The number of hydrogen-bond acceptors (Lipinski definition) is 6. The van der Waals surface area contributed by atoms with Gasteiger partial charge in [0.1, 0.15) is 19.3 Å². The van der Waals surface area contributed by atoms with Gasteiger partial charge in [0.25, 0.3) is 0 Å². The molecular weight excluding hydrogens is 880 g/mol. The average Bonchev–Trinajstić information content (AvgIpc) is 3.31. The molecule has 0 bridgehead atoms. The van der Waals surface area contributed by atoms with Gasteiger partial charge in [-0.25, -0.2) is 4.57 Å². The third-order valence-corrected chi connectivity index (χ3v) is 14.4. The number of ether oxygens (including phenoxy) is 1. The minimum absolute atomic E-state index is 0.0430. The van der Waals surface area contributed by atoms with Crippen LogP contribution in [0.15, 0.2) is 24.3 Å². The highest BCUT2D eigenvalue weighted by Gasteiger charge is 2.30. The van der Waals surface area contributed by atoms with Gasteiger partial charge in [-0.1, -0.05) is 244 Å². The average molecular weight is 997 g/mol. The number of nitrogens with zero attached hydrogens (tertiary/aromatic N) is 1. The van der Waals surface area contributed by atoms with Crippen molar-refractivity contribution in [2.45, 2.75) is 303 Å². The Balaban J connectivity index is 5.30. The molecule has 9 nitrogen and oxygen atoms in total. The molecule has 0 aromatic rings. The maximum absolute atomic E-state index is 13.5. The van der Waals surface area contributed by atoms with Gasteiger partial charge in [-0.3, -0.25) is 18.6 Å². The molecule has 0 radical (unpaired) electrons. The fraction of sp³-hybridized carbons (Fsp3) is 0.898. The fourth-order valence-corrected chi connectivity index (χ4v) is 9.50. The zero-order valence-electron chi connectivity index (χ0n) is 46.6. The predicted molar refractivity (Wildman–Crippen MR) is 296 cm³/mol. The third kappa shape index (κ3) is 51.2. The maximum Gasteiger partial charge on any atom is 0.472 e. The van der Waals surface area contributed by atoms with Crippen LogP contribution in [0.1, 0.15) is 290 Å². The number of esters is 1. The lowest BCUT2D eigenvalue weighted by Gasteiger charge is -2.27. The molecule has 0 saturated heterocycles. The van der Waals surface area contributed by atoms with E-state index >= 15 is 0 Å². The van der Waals surface area contributed by atoms with Crippen LogP contribution in [0.3, 0.4) is 0 Å². The van der Waals surface area contributed by atoms with Gasteiger partial charge in [0.2, 0.25) is 5.91 Å². The lowest BCUT2D eigenvalue weighted by atomic mass is 10.0. The summed E-state index contributed by atoms with van der Waals surface area (Å²) in [5.74, 6) is -0.497. The van der Waals surface area contributed by atoms with Crippen LogP contribution in [-0.4, -0.2) is 74.3 Å². The Morgan fingerprint density at radius 3 is 1.25 bits per heavy atom. The number of hydrogen-bond donors (Lipinski definition) is 2. The second-order valence-electron chi connectivity index (χ2n) is 21.5. The Kier molecular flexibility index (Phi) is 48.9. The van der Waals surface area contributed by atoms with Crippen LogP contribution in [0.4, 0.5) is 0 Å². The van der Waals surface area contributed by atoms with Crippen LogP contribution in [-0.2, 0) is 27.9 Å². The molecule has 3 atom stereocenters. The topological polar surface area (TPSA) is 111 Å². The van der Waals surface area contributed by atoms with Gasteiger partial charge >= 0.3 is 13.8 Å². The molecule has 0 aromatic carbocycles. The first-order chi connectivity index (χ1) is 33.4. The number of amides is 1. The molecule has 1 amide bonds. The number of phosphoric ester groups is 1. The van der Waals surface area contributed by atoms with Gasteiger partial charge in [0.05, 0.1) is 33.8 Å². The third-order valence-electron chi connectivity index (χ3n) is 13.4. The fourth-order valence-electron chi connectivity index (χ4n) is 8.76. The number of phosphoric acid groups is 1. The summed E-state index contributed by atoms with van der Waals surface area (Å²) in [6, 6.07) is -0.843. The standard InChI is InChI=1S/C59H115N2O7P/c1-7-10-13-16-19-22-25-28-30-32-33-36-39-42-45-48-51-58(62)60-56(55-67-69(64,65)66-54-53-61(4,5)6)57(50-47-44-41-38-35-27-24-21-18-15-12-9-3)68-59(63)52-49-46-43-40-37-34-31-29-26-23-20-17-14-11-8-2/h23,26,47,50,56-57H,7-22,24-25,27-46,48-49,51-55H2,1-6H3,(H-,60,62,64,65)/p+1/b26-23-,50-47+. The molecule has 0 fully saturated rings. The Labute approximate surface area is 428 Å². The maximum atomic E-state index is 13.5. The molecule has 0 aliphatic carbocycles. The monoisotopic (exact) mass is 996 g/mol. The second kappa shape index (κ2) is 50.0. The molecule has 0 rings (SSSR count). The van der Waals surface area contributed by atoms with Crippen molar-refractivity contribution in [2.24, 2.45) is 0 Å². The number of likely N-dealkylation sites (N-methyl/N-ethyl adjacent to an activating group) is 1. The van der Waals surface area contributed by atoms with Crippen molar-refractivity contribution in [1.29, 1.82) is 0 Å². The molecule has 0 heterocycles. The molecule has 0 saturated carbocycles. The van der Waals surface area contributed by atoms with Crippen molar-refractivity contribution in [1.82, 2.24) is 5.32 Å². The van der Waals surface area contributed by atoms with Crippen LogP contribution in [0.2, 0.25) is 0 Å². The van der Waals surface area contributed by atoms with Crippen molar-refractivity contribution in [3.05, 3.63) is 24.3 Å². The lowest BCUT2D eigenvalue weighted by Crippen LogP contribution is -2.47. The normalized spacial score (nSPS) is 13.9. The SMILES string of the molecule is CCCCCC/C=C\CCCCCCCCCC(=O)OC(/C=C/CCCCCCCCCCCC)C(COP(=O)(O)OCC[N+](C)(C)C)NC(=O)CCCCCCCCCCCCCCCCCC. The molecule has 0 spiro atoms. The van der Waals surface area contributed by atoms with Crippen molar-refractivity contribution >= 4 is 19.7 Å². The number of unbranched alkanes of at least 4 members (excludes halogenated alkanes) is 36. The Morgan fingerprint density at radius 2 is 0.841 bits per heavy atom. The summed E-state index contributed by atoms with van der Waals surface area (Å²) in [5.41, 5.74) is 0. The summed E-state index contributed by atoms with van der Waals surface area (Å²) < 4.78 is 30.6. The number of carbonyl (C=O) groups is 2. The largest absolute Gasteiger partial charge is 0.472 e. The first-order valence-corrected chi connectivity index (χ1v) is 31.2. The minimum atomic E-state index is -4.44. The molecule has 69 heavy (non-hydrogen) atoms. The molecule has 408 valence electrons. The van der Waals surface area contributed by atoms with E-state index in [1.54, 1.807) is 0 Å². The lowest BCUT2D eigenvalue weighted by molar-refractivity contribution is -0.870. The van der Waals surface area contributed by atoms with E-state index in [1.165, 1.54) is 199 Å². The number of allylic oxidation sites excluding steroid dienone is 3. The number of nitrogens with one attached hydrogen (secondary N) is 1. The van der Waals surface area contributed by atoms with Crippen LogP contribution in [0.5, 0.6) is 0 Å². The van der Waals surface area contributed by atoms with Crippen molar-refractivity contribution < 1.29 is 37.3 Å². The van der Waals surface area contributed by atoms with Gasteiger partial charge in [0.15, 0.2) is 0 Å². The van der Waals surface area contributed by atoms with Gasteiger partial charge in [0, 0.05) is 12.8 Å². The number of carbonyl (C=O) groups excluding carboxylic acids is 2. The zero-order valence-corrected chi connectivity index (χ0v) is 47.5.